The van der Waals surface area contributed by atoms with Crippen molar-refractivity contribution in [2.45, 2.75) is 43.4 Å². The standard InChI is InChI=1S/C24H27N5O5S/c1-15(2)13-18(29-35(33,34)21-10-3-4-11-27-21)19(30)14-20(31)24(25,26)23(32)17-9-5-7-16-8-6-12-28-22(16)17/h3-12,15,18,29H,13-14,25-26H2,1-2H3/t18-/m0/s1. The Morgan fingerprint density at radius 2 is 1.66 bits per heavy atom. The van der Waals surface area contributed by atoms with Gasteiger partial charge in [0.1, 0.15) is 0 Å². The summed E-state index contributed by atoms with van der Waals surface area (Å²) in [5.41, 5.74) is 9.74. The monoisotopic (exact) mass is 497 g/mol. The highest BCUT2D eigenvalue weighted by atomic mass is 32.2. The first-order valence-corrected chi connectivity index (χ1v) is 12.4. The zero-order valence-electron chi connectivity index (χ0n) is 19.3. The fourth-order valence-electron chi connectivity index (χ4n) is 3.54. The van der Waals surface area contributed by atoms with Gasteiger partial charge in [-0.15, -0.1) is 0 Å². The average Bonchev–Trinajstić information content (AvgIpc) is 2.82. The number of Topliss-reactive ketones (excluding diaryl/α,β-unsaturated/α-hetero) is 3. The molecule has 0 aliphatic rings. The minimum Gasteiger partial charge on any atom is -0.301 e. The molecule has 0 radical (unpaired) electrons. The first-order valence-electron chi connectivity index (χ1n) is 10.9. The van der Waals surface area contributed by atoms with Crippen LogP contribution < -0.4 is 16.2 Å². The normalized spacial score (nSPS) is 13.1. The van der Waals surface area contributed by atoms with Gasteiger partial charge in [0, 0.05) is 23.3 Å². The number of carbonyl (C=O) groups is 3. The van der Waals surface area contributed by atoms with Crippen LogP contribution in [0.4, 0.5) is 0 Å². The Morgan fingerprint density at radius 3 is 2.31 bits per heavy atom. The number of ketones is 3. The van der Waals surface area contributed by atoms with E-state index in [1.807, 2.05) is 0 Å². The first-order chi connectivity index (χ1) is 16.4. The fourth-order valence-corrected chi connectivity index (χ4v) is 4.72. The molecule has 11 heteroatoms. The number of aromatic nitrogens is 2. The Labute approximate surface area is 203 Å². The van der Waals surface area contributed by atoms with Crippen LogP contribution in [0.15, 0.2) is 66.0 Å². The molecule has 0 spiro atoms. The van der Waals surface area contributed by atoms with Crippen LogP contribution in [-0.4, -0.2) is 47.4 Å². The van der Waals surface area contributed by atoms with Crippen LogP contribution in [0.5, 0.6) is 0 Å². The Morgan fingerprint density at radius 1 is 0.971 bits per heavy atom. The second kappa shape index (κ2) is 10.5. The SMILES string of the molecule is CC(C)C[C@H](NS(=O)(=O)c1ccccn1)C(=O)CC(=O)C(N)(N)C(=O)c1cccc2cccnc12. The number of nitrogens with zero attached hydrogens (tertiary/aromatic N) is 2. The molecule has 1 atom stereocenters. The predicted octanol–water partition coefficient (Wildman–Crippen LogP) is 1.35. The van der Waals surface area contributed by atoms with Crippen molar-refractivity contribution in [2.75, 3.05) is 0 Å². The minimum atomic E-state index is -4.14. The lowest BCUT2D eigenvalue weighted by Crippen LogP contribution is -2.63. The minimum absolute atomic E-state index is 0.0449. The van der Waals surface area contributed by atoms with Crippen molar-refractivity contribution in [3.8, 4) is 0 Å². The summed E-state index contributed by atoms with van der Waals surface area (Å²) in [4.78, 5) is 47.1. The van der Waals surface area contributed by atoms with Gasteiger partial charge in [0.2, 0.25) is 5.78 Å². The number of para-hydroxylation sites is 1. The van der Waals surface area contributed by atoms with E-state index in [-0.39, 0.29) is 22.9 Å². The summed E-state index contributed by atoms with van der Waals surface area (Å²) in [5.74, 6) is -2.78. The van der Waals surface area contributed by atoms with Crippen LogP contribution in [0.25, 0.3) is 10.9 Å². The second-order valence-corrected chi connectivity index (χ2v) is 10.3. The molecule has 2 aromatic heterocycles. The molecule has 0 fully saturated rings. The summed E-state index contributed by atoms with van der Waals surface area (Å²) < 4.78 is 27.7. The molecule has 0 unspecified atom stereocenters. The molecule has 2 heterocycles. The van der Waals surface area contributed by atoms with E-state index >= 15 is 0 Å². The van der Waals surface area contributed by atoms with Crippen molar-refractivity contribution >= 4 is 38.3 Å². The van der Waals surface area contributed by atoms with Crippen molar-refractivity contribution in [3.05, 3.63) is 66.5 Å². The number of carbonyl (C=O) groups excluding carboxylic acids is 3. The number of fused-ring (bicyclic) bond motifs is 1. The van der Waals surface area contributed by atoms with E-state index in [2.05, 4.69) is 14.7 Å². The van der Waals surface area contributed by atoms with Crippen LogP contribution in [0.1, 0.15) is 37.0 Å². The van der Waals surface area contributed by atoms with E-state index < -0.39 is 45.5 Å². The van der Waals surface area contributed by atoms with Gasteiger partial charge in [-0.25, -0.2) is 13.4 Å². The van der Waals surface area contributed by atoms with Gasteiger partial charge in [-0.05, 0) is 36.6 Å². The maximum absolute atomic E-state index is 13.1. The van der Waals surface area contributed by atoms with E-state index in [1.54, 1.807) is 44.2 Å². The van der Waals surface area contributed by atoms with Crippen LogP contribution in [0.2, 0.25) is 0 Å². The number of hydrogen-bond acceptors (Lipinski definition) is 9. The zero-order chi connectivity index (χ0) is 25.8. The molecule has 0 aliphatic carbocycles. The summed E-state index contributed by atoms with van der Waals surface area (Å²) in [6, 6.07) is 11.3. The molecule has 5 N–H and O–H groups in total. The van der Waals surface area contributed by atoms with Gasteiger partial charge in [-0.2, -0.15) is 4.72 Å². The summed E-state index contributed by atoms with van der Waals surface area (Å²) in [6.07, 6.45) is 2.08. The molecule has 184 valence electrons. The maximum Gasteiger partial charge on any atom is 0.258 e. The molecule has 0 saturated carbocycles. The summed E-state index contributed by atoms with van der Waals surface area (Å²) in [7, 11) is -4.14. The Bertz CT molecular complexity index is 1350. The second-order valence-electron chi connectivity index (χ2n) is 8.62. The molecular weight excluding hydrogens is 470 g/mol. The van der Waals surface area contributed by atoms with Gasteiger partial charge in [0.15, 0.2) is 22.3 Å². The van der Waals surface area contributed by atoms with Gasteiger partial charge < -0.3 is 11.5 Å². The van der Waals surface area contributed by atoms with E-state index in [9.17, 15) is 22.8 Å². The molecule has 0 amide bonds. The Hall–Kier alpha value is -3.38. The van der Waals surface area contributed by atoms with Crippen molar-refractivity contribution in [2.24, 2.45) is 17.4 Å². The number of nitrogens with two attached hydrogens (primary N) is 2. The van der Waals surface area contributed by atoms with Gasteiger partial charge in [0.05, 0.1) is 18.0 Å². The number of hydrogen-bond donors (Lipinski definition) is 3. The average molecular weight is 498 g/mol. The van der Waals surface area contributed by atoms with E-state index in [4.69, 9.17) is 11.5 Å². The number of pyridine rings is 2. The molecule has 0 saturated heterocycles. The maximum atomic E-state index is 13.1. The molecular formula is C24H27N5O5S. The number of benzene rings is 1. The lowest BCUT2D eigenvalue weighted by atomic mass is 9.89. The molecule has 10 nitrogen and oxygen atoms in total. The highest BCUT2D eigenvalue weighted by molar-refractivity contribution is 7.89. The van der Waals surface area contributed by atoms with Crippen molar-refractivity contribution in [1.29, 1.82) is 0 Å². The van der Waals surface area contributed by atoms with Crippen LogP contribution in [-0.2, 0) is 19.6 Å². The van der Waals surface area contributed by atoms with Crippen LogP contribution in [0, 0.1) is 5.92 Å². The topological polar surface area (TPSA) is 175 Å². The molecule has 0 bridgehead atoms. The number of nitrogens with one attached hydrogen (secondary N) is 1. The Kier molecular flexibility index (Phi) is 7.86. The third-order valence-electron chi connectivity index (χ3n) is 5.36. The Balaban J connectivity index is 1.82. The van der Waals surface area contributed by atoms with E-state index in [0.717, 1.165) is 0 Å². The van der Waals surface area contributed by atoms with Gasteiger partial charge >= 0.3 is 0 Å². The molecule has 0 aliphatic heterocycles. The van der Waals surface area contributed by atoms with Crippen LogP contribution in [0.3, 0.4) is 0 Å². The van der Waals surface area contributed by atoms with E-state index in [1.165, 1.54) is 30.6 Å². The quantitative estimate of drug-likeness (QED) is 0.200. The lowest BCUT2D eigenvalue weighted by molar-refractivity contribution is -0.130. The third-order valence-corrected chi connectivity index (χ3v) is 6.74. The van der Waals surface area contributed by atoms with Gasteiger partial charge in [-0.3, -0.25) is 19.4 Å². The lowest BCUT2D eigenvalue weighted by Gasteiger charge is -2.24. The van der Waals surface area contributed by atoms with Gasteiger partial charge in [-0.1, -0.05) is 38.1 Å². The number of sulfonamides is 1. The van der Waals surface area contributed by atoms with Gasteiger partial charge in [0.25, 0.3) is 10.0 Å². The largest absolute Gasteiger partial charge is 0.301 e. The van der Waals surface area contributed by atoms with Crippen molar-refractivity contribution in [3.63, 3.8) is 0 Å². The summed E-state index contributed by atoms with van der Waals surface area (Å²) in [5, 5.41) is 0.386. The van der Waals surface area contributed by atoms with Crippen molar-refractivity contribution < 1.29 is 22.8 Å². The number of rotatable bonds is 11. The summed E-state index contributed by atoms with van der Waals surface area (Å²) >= 11 is 0. The van der Waals surface area contributed by atoms with Crippen LogP contribution >= 0.6 is 0 Å². The fraction of sp³-hybridized carbons (Fsp3) is 0.292. The predicted molar refractivity (Wildman–Crippen MR) is 130 cm³/mol. The highest BCUT2D eigenvalue weighted by Crippen LogP contribution is 2.20. The molecule has 3 rings (SSSR count). The van der Waals surface area contributed by atoms with E-state index in [0.29, 0.717) is 10.9 Å². The smallest absolute Gasteiger partial charge is 0.258 e. The molecule has 3 aromatic rings. The highest BCUT2D eigenvalue weighted by Gasteiger charge is 2.41. The third kappa shape index (κ3) is 6.01. The molecule has 1 aromatic carbocycles. The molecule has 35 heavy (non-hydrogen) atoms. The summed E-state index contributed by atoms with van der Waals surface area (Å²) in [6.45, 7) is 3.59. The van der Waals surface area contributed by atoms with Crippen molar-refractivity contribution in [1.82, 2.24) is 14.7 Å². The zero-order valence-corrected chi connectivity index (χ0v) is 20.2. The first kappa shape index (κ1) is 26.2.